The van der Waals surface area contributed by atoms with Gasteiger partial charge in [-0.1, -0.05) is 60.7 Å². The Morgan fingerprint density at radius 3 is 2.24 bits per heavy atom. The lowest BCUT2D eigenvalue weighted by Gasteiger charge is -2.37. The number of amides is 2. The number of carbonyl (C=O) groups is 1. The number of hydrazone groups is 1. The normalized spacial score (nSPS) is 21.2. The summed E-state index contributed by atoms with van der Waals surface area (Å²) in [6, 6.07) is 18.7. The SMILES string of the molecule is COC1(c2ccccc2)NC(=O)NN=C1c1ccccc1. The van der Waals surface area contributed by atoms with Crippen molar-refractivity contribution < 1.29 is 9.53 Å². The van der Waals surface area contributed by atoms with Crippen LogP contribution in [0.25, 0.3) is 0 Å². The summed E-state index contributed by atoms with van der Waals surface area (Å²) in [6.07, 6.45) is 0. The first-order valence-corrected chi connectivity index (χ1v) is 6.59. The fraction of sp³-hybridized carbons (Fsp3) is 0.125. The van der Waals surface area contributed by atoms with E-state index in [-0.39, 0.29) is 0 Å². The molecule has 3 rings (SSSR count). The maximum Gasteiger partial charge on any atom is 0.337 e. The predicted molar refractivity (Wildman–Crippen MR) is 79.8 cm³/mol. The number of rotatable bonds is 3. The molecule has 21 heavy (non-hydrogen) atoms. The molecule has 2 aromatic rings. The monoisotopic (exact) mass is 281 g/mol. The van der Waals surface area contributed by atoms with Crippen LogP contribution >= 0.6 is 0 Å². The third-order valence-corrected chi connectivity index (χ3v) is 3.43. The summed E-state index contributed by atoms with van der Waals surface area (Å²) in [5, 5.41) is 7.05. The fourth-order valence-electron chi connectivity index (χ4n) is 2.44. The van der Waals surface area contributed by atoms with Gasteiger partial charge in [-0.2, -0.15) is 5.10 Å². The van der Waals surface area contributed by atoms with E-state index >= 15 is 0 Å². The Morgan fingerprint density at radius 2 is 1.62 bits per heavy atom. The Morgan fingerprint density at radius 1 is 1.00 bits per heavy atom. The molecule has 2 N–H and O–H groups in total. The molecule has 5 heteroatoms. The summed E-state index contributed by atoms with van der Waals surface area (Å²) in [7, 11) is 1.55. The first kappa shape index (κ1) is 13.3. The lowest BCUT2D eigenvalue weighted by molar-refractivity contribution is 0.0234. The molecular formula is C16H15N3O2. The van der Waals surface area contributed by atoms with E-state index in [2.05, 4.69) is 15.8 Å². The molecule has 0 spiro atoms. The fourth-order valence-corrected chi connectivity index (χ4v) is 2.44. The van der Waals surface area contributed by atoms with E-state index in [1.54, 1.807) is 7.11 Å². The third kappa shape index (κ3) is 2.28. The van der Waals surface area contributed by atoms with Gasteiger partial charge in [0.05, 0.1) is 0 Å². The van der Waals surface area contributed by atoms with Gasteiger partial charge in [0.1, 0.15) is 5.71 Å². The van der Waals surface area contributed by atoms with E-state index in [9.17, 15) is 4.79 Å². The molecule has 0 bridgehead atoms. The van der Waals surface area contributed by atoms with Crippen LogP contribution in [0.5, 0.6) is 0 Å². The van der Waals surface area contributed by atoms with Crippen LogP contribution in [0.1, 0.15) is 11.1 Å². The summed E-state index contributed by atoms with van der Waals surface area (Å²) in [5.41, 5.74) is 3.63. The molecule has 2 aromatic carbocycles. The first-order chi connectivity index (χ1) is 10.3. The van der Waals surface area contributed by atoms with E-state index in [1.165, 1.54) is 0 Å². The Kier molecular flexibility index (Phi) is 3.41. The van der Waals surface area contributed by atoms with Crippen LogP contribution in [0.15, 0.2) is 65.8 Å². The molecule has 2 amide bonds. The number of carbonyl (C=O) groups excluding carboxylic acids is 1. The van der Waals surface area contributed by atoms with Gasteiger partial charge < -0.3 is 4.74 Å². The second-order valence-corrected chi connectivity index (χ2v) is 4.64. The zero-order valence-corrected chi connectivity index (χ0v) is 11.5. The van der Waals surface area contributed by atoms with Crippen molar-refractivity contribution in [2.24, 2.45) is 5.10 Å². The molecule has 0 radical (unpaired) electrons. The van der Waals surface area contributed by atoms with Crippen molar-refractivity contribution in [1.82, 2.24) is 10.7 Å². The van der Waals surface area contributed by atoms with Crippen LogP contribution in [0.2, 0.25) is 0 Å². The van der Waals surface area contributed by atoms with E-state index in [1.807, 2.05) is 60.7 Å². The van der Waals surface area contributed by atoms with Gasteiger partial charge in [-0.05, 0) is 0 Å². The Labute approximate surface area is 122 Å². The number of methoxy groups -OCH3 is 1. The van der Waals surface area contributed by atoms with Crippen molar-refractivity contribution in [3.63, 3.8) is 0 Å². The molecule has 1 heterocycles. The van der Waals surface area contributed by atoms with Gasteiger partial charge in [0.2, 0.25) is 5.72 Å². The molecule has 1 aliphatic rings. The largest absolute Gasteiger partial charge is 0.349 e. The van der Waals surface area contributed by atoms with Gasteiger partial charge in [0.25, 0.3) is 0 Å². The minimum absolute atomic E-state index is 0.402. The third-order valence-electron chi connectivity index (χ3n) is 3.43. The maximum atomic E-state index is 11.8. The van der Waals surface area contributed by atoms with Crippen molar-refractivity contribution in [2.45, 2.75) is 5.72 Å². The van der Waals surface area contributed by atoms with Crippen LogP contribution in [-0.4, -0.2) is 18.9 Å². The van der Waals surface area contributed by atoms with Gasteiger partial charge in [-0.15, -0.1) is 0 Å². The molecule has 0 aliphatic carbocycles. The maximum absolute atomic E-state index is 11.8. The number of benzene rings is 2. The molecule has 0 aromatic heterocycles. The van der Waals surface area contributed by atoms with Gasteiger partial charge in [-0.3, -0.25) is 5.32 Å². The Hall–Kier alpha value is -2.66. The van der Waals surface area contributed by atoms with Crippen molar-refractivity contribution in [1.29, 1.82) is 0 Å². The minimum Gasteiger partial charge on any atom is -0.349 e. The average Bonchev–Trinajstić information content (AvgIpc) is 2.56. The van der Waals surface area contributed by atoms with E-state index in [0.717, 1.165) is 11.1 Å². The highest BCUT2D eigenvalue weighted by Gasteiger charge is 2.43. The lowest BCUT2D eigenvalue weighted by Crippen LogP contribution is -2.59. The van der Waals surface area contributed by atoms with E-state index in [4.69, 9.17) is 4.74 Å². The lowest BCUT2D eigenvalue weighted by atomic mass is 9.92. The number of ether oxygens (including phenoxy) is 1. The van der Waals surface area contributed by atoms with Crippen molar-refractivity contribution in [3.8, 4) is 0 Å². The van der Waals surface area contributed by atoms with E-state index in [0.29, 0.717) is 5.71 Å². The van der Waals surface area contributed by atoms with Crippen LogP contribution in [0.4, 0.5) is 4.79 Å². The second-order valence-electron chi connectivity index (χ2n) is 4.64. The Balaban J connectivity index is 2.18. The topological polar surface area (TPSA) is 62.7 Å². The summed E-state index contributed by atoms with van der Waals surface area (Å²) in [5.74, 6) is 0. The highest BCUT2D eigenvalue weighted by molar-refractivity contribution is 6.10. The van der Waals surface area contributed by atoms with Gasteiger partial charge in [-0.25, -0.2) is 10.2 Å². The number of hydrogen-bond donors (Lipinski definition) is 2. The smallest absolute Gasteiger partial charge is 0.337 e. The molecular weight excluding hydrogens is 266 g/mol. The minimum atomic E-state index is -1.11. The van der Waals surface area contributed by atoms with E-state index < -0.39 is 11.8 Å². The van der Waals surface area contributed by atoms with Crippen LogP contribution in [0, 0.1) is 0 Å². The van der Waals surface area contributed by atoms with Crippen molar-refractivity contribution in [3.05, 3.63) is 71.8 Å². The first-order valence-electron chi connectivity index (χ1n) is 6.59. The number of hydrogen-bond acceptors (Lipinski definition) is 3. The van der Waals surface area contributed by atoms with Gasteiger partial charge in [0.15, 0.2) is 0 Å². The molecule has 1 atom stereocenters. The van der Waals surface area contributed by atoms with Crippen molar-refractivity contribution in [2.75, 3.05) is 7.11 Å². The zero-order chi connectivity index (χ0) is 14.7. The standard InChI is InChI=1S/C16H15N3O2/c1-21-16(13-10-6-3-7-11-13)14(18-19-15(20)17-16)12-8-4-2-5-9-12/h2-11H,1H3,(H2,17,19,20). The average molecular weight is 281 g/mol. The molecule has 0 saturated heterocycles. The highest BCUT2D eigenvalue weighted by Crippen LogP contribution is 2.29. The molecule has 106 valence electrons. The van der Waals surface area contributed by atoms with Crippen molar-refractivity contribution >= 4 is 11.7 Å². The summed E-state index contributed by atoms with van der Waals surface area (Å²) in [4.78, 5) is 11.8. The summed E-state index contributed by atoms with van der Waals surface area (Å²) >= 11 is 0. The summed E-state index contributed by atoms with van der Waals surface area (Å²) in [6.45, 7) is 0. The second kappa shape index (κ2) is 5.38. The Bertz CT molecular complexity index is 670. The van der Waals surface area contributed by atoms with Gasteiger partial charge >= 0.3 is 6.03 Å². The van der Waals surface area contributed by atoms with Crippen LogP contribution in [0.3, 0.4) is 0 Å². The zero-order valence-electron chi connectivity index (χ0n) is 11.5. The molecule has 5 nitrogen and oxygen atoms in total. The van der Waals surface area contributed by atoms with Gasteiger partial charge in [0, 0.05) is 18.2 Å². The molecule has 1 aliphatic heterocycles. The number of urea groups is 1. The molecule has 0 saturated carbocycles. The highest BCUT2D eigenvalue weighted by atomic mass is 16.5. The molecule has 0 fully saturated rings. The quantitative estimate of drug-likeness (QED) is 0.906. The van der Waals surface area contributed by atoms with Crippen LogP contribution < -0.4 is 10.7 Å². The van der Waals surface area contributed by atoms with Crippen LogP contribution in [-0.2, 0) is 10.5 Å². The number of nitrogens with zero attached hydrogens (tertiary/aromatic N) is 1. The number of nitrogens with one attached hydrogen (secondary N) is 2. The summed E-state index contributed by atoms with van der Waals surface area (Å²) < 4.78 is 5.70. The molecule has 1 unspecified atom stereocenters. The predicted octanol–water partition coefficient (Wildman–Crippen LogP) is 2.20.